The van der Waals surface area contributed by atoms with Crippen molar-refractivity contribution in [2.24, 2.45) is 0 Å². The van der Waals surface area contributed by atoms with E-state index in [1.807, 2.05) is 4.90 Å². The Hall–Kier alpha value is -1.16. The number of thioether (sulfide) groups is 1. The maximum atomic E-state index is 12.3. The summed E-state index contributed by atoms with van der Waals surface area (Å²) >= 11 is 2.85. The van der Waals surface area contributed by atoms with Gasteiger partial charge in [0.25, 0.3) is 0 Å². The number of hydrogen-bond donors (Lipinski definition) is 1. The number of aromatic nitrogens is 1. The largest absolute Gasteiger partial charge is 0.476 e. The number of nitrogens with zero attached hydrogens (tertiary/aromatic N) is 3. The minimum Gasteiger partial charge on any atom is -0.476 e. The normalized spacial score (nSPS) is 27.2. The Labute approximate surface area is 161 Å². The van der Waals surface area contributed by atoms with Crippen LogP contribution in [0.15, 0.2) is 9.72 Å². The molecule has 3 rings (SSSR count). The number of ether oxygens (including phenoxy) is 1. The second-order valence-electron chi connectivity index (χ2n) is 6.91. The van der Waals surface area contributed by atoms with Crippen LogP contribution in [-0.4, -0.2) is 81.9 Å². The Kier molecular flexibility index (Phi) is 6.55. The molecule has 2 aliphatic rings. The summed E-state index contributed by atoms with van der Waals surface area (Å²) in [5, 5.41) is 10.5. The summed E-state index contributed by atoms with van der Waals surface area (Å²) in [7, 11) is 0. The molecule has 2 aliphatic heterocycles. The topological polar surface area (TPSA) is 83.0 Å². The summed E-state index contributed by atoms with van der Waals surface area (Å²) < 4.78 is 6.53. The van der Waals surface area contributed by atoms with Crippen LogP contribution in [0.3, 0.4) is 0 Å². The smallest absolute Gasteiger partial charge is 0.355 e. The molecule has 0 aromatic carbocycles. The molecule has 3 atom stereocenters. The Bertz CT molecular complexity index is 644. The van der Waals surface area contributed by atoms with Crippen LogP contribution in [0.4, 0.5) is 0 Å². The molecule has 26 heavy (non-hydrogen) atoms. The van der Waals surface area contributed by atoms with Gasteiger partial charge < -0.3 is 14.7 Å². The number of likely N-dealkylation sites (tertiary alicyclic amines) is 1. The highest BCUT2D eigenvalue weighted by atomic mass is 32.2. The Morgan fingerprint density at radius 3 is 2.81 bits per heavy atom. The molecule has 1 aromatic rings. The van der Waals surface area contributed by atoms with Gasteiger partial charge >= 0.3 is 5.97 Å². The number of carbonyl (C=O) groups is 2. The second-order valence-corrected chi connectivity index (χ2v) is 9.11. The summed E-state index contributed by atoms with van der Waals surface area (Å²) in [4.78, 5) is 31.6. The number of carboxylic acids is 1. The first-order valence-corrected chi connectivity index (χ1v) is 10.8. The van der Waals surface area contributed by atoms with Gasteiger partial charge in [0, 0.05) is 49.8 Å². The SMILES string of the molecule is CC1CN(CC2CCC(=O)N2CCSc2nc(C(=O)O)cs2)CC(C)O1. The van der Waals surface area contributed by atoms with E-state index in [1.165, 1.54) is 23.1 Å². The standard InChI is InChI=1S/C17H25N3O4S2/c1-11-7-19(8-12(2)24-11)9-13-3-4-15(21)20(13)5-6-25-17-18-14(10-26-17)16(22)23/h10-13H,3-9H2,1-2H3,(H,22,23). The van der Waals surface area contributed by atoms with Crippen molar-refractivity contribution < 1.29 is 19.4 Å². The highest BCUT2D eigenvalue weighted by Crippen LogP contribution is 2.26. The van der Waals surface area contributed by atoms with E-state index in [9.17, 15) is 9.59 Å². The molecule has 9 heteroatoms. The first-order chi connectivity index (χ1) is 12.4. The molecule has 0 aliphatic carbocycles. The van der Waals surface area contributed by atoms with Crippen LogP contribution in [0, 0.1) is 0 Å². The van der Waals surface area contributed by atoms with Crippen molar-refractivity contribution in [3.8, 4) is 0 Å². The van der Waals surface area contributed by atoms with Crippen LogP contribution in [0.25, 0.3) is 0 Å². The predicted octanol–water partition coefficient (Wildman–Crippen LogP) is 2.03. The first kappa shape index (κ1) is 19.6. The number of hydrogen-bond acceptors (Lipinski definition) is 7. The van der Waals surface area contributed by atoms with Crippen molar-refractivity contribution in [1.82, 2.24) is 14.8 Å². The monoisotopic (exact) mass is 399 g/mol. The summed E-state index contributed by atoms with van der Waals surface area (Å²) in [5.74, 6) is -0.0581. The molecule has 144 valence electrons. The zero-order chi connectivity index (χ0) is 18.7. The highest BCUT2D eigenvalue weighted by Gasteiger charge is 2.33. The lowest BCUT2D eigenvalue weighted by Gasteiger charge is -2.38. The third-order valence-electron chi connectivity index (χ3n) is 4.68. The molecule has 1 amide bonds. The summed E-state index contributed by atoms with van der Waals surface area (Å²) in [6.45, 7) is 7.58. The fourth-order valence-corrected chi connectivity index (χ4v) is 5.48. The molecule has 3 unspecified atom stereocenters. The van der Waals surface area contributed by atoms with E-state index in [0.29, 0.717) is 13.0 Å². The highest BCUT2D eigenvalue weighted by molar-refractivity contribution is 8.01. The number of rotatable bonds is 7. The quantitative estimate of drug-likeness (QED) is 0.703. The van der Waals surface area contributed by atoms with Crippen LogP contribution in [0.2, 0.25) is 0 Å². The lowest BCUT2D eigenvalue weighted by molar-refractivity contribution is -0.129. The fraction of sp³-hybridized carbons (Fsp3) is 0.706. The maximum Gasteiger partial charge on any atom is 0.355 e. The minimum absolute atomic E-state index is 0.0863. The molecule has 0 saturated carbocycles. The van der Waals surface area contributed by atoms with Crippen molar-refractivity contribution >= 4 is 35.0 Å². The number of morpholine rings is 1. The Morgan fingerprint density at radius 1 is 1.42 bits per heavy atom. The third-order valence-corrected chi connectivity index (χ3v) is 6.68. The molecule has 3 heterocycles. The fourth-order valence-electron chi connectivity index (χ4n) is 3.67. The van der Waals surface area contributed by atoms with Crippen LogP contribution in [-0.2, 0) is 9.53 Å². The van der Waals surface area contributed by atoms with Crippen LogP contribution in [0.5, 0.6) is 0 Å². The molecule has 0 radical (unpaired) electrons. The lowest BCUT2D eigenvalue weighted by Crippen LogP contribution is -2.50. The molecular weight excluding hydrogens is 374 g/mol. The van der Waals surface area contributed by atoms with Crippen molar-refractivity contribution in [3.63, 3.8) is 0 Å². The van der Waals surface area contributed by atoms with Crippen molar-refractivity contribution in [1.29, 1.82) is 0 Å². The molecule has 7 nitrogen and oxygen atoms in total. The van der Waals surface area contributed by atoms with Crippen LogP contribution >= 0.6 is 23.1 Å². The van der Waals surface area contributed by atoms with E-state index < -0.39 is 5.97 Å². The third kappa shape index (κ3) is 4.97. The van der Waals surface area contributed by atoms with Crippen LogP contribution in [0.1, 0.15) is 37.2 Å². The van der Waals surface area contributed by atoms with Gasteiger partial charge in [-0.05, 0) is 20.3 Å². The van der Waals surface area contributed by atoms with Gasteiger partial charge in [0.05, 0.1) is 12.2 Å². The van der Waals surface area contributed by atoms with Gasteiger partial charge in [-0.2, -0.15) is 0 Å². The van der Waals surface area contributed by atoms with Gasteiger partial charge in [0.15, 0.2) is 10.0 Å². The second kappa shape index (κ2) is 8.69. The van der Waals surface area contributed by atoms with Gasteiger partial charge in [0.2, 0.25) is 5.91 Å². The zero-order valence-corrected chi connectivity index (χ0v) is 16.7. The van der Waals surface area contributed by atoms with Gasteiger partial charge in [-0.15, -0.1) is 11.3 Å². The molecule has 1 aromatic heterocycles. The van der Waals surface area contributed by atoms with E-state index in [2.05, 4.69) is 23.7 Å². The van der Waals surface area contributed by atoms with Gasteiger partial charge in [0.1, 0.15) is 0 Å². The van der Waals surface area contributed by atoms with Gasteiger partial charge in [-0.25, -0.2) is 9.78 Å². The average molecular weight is 400 g/mol. The molecule has 2 saturated heterocycles. The molecule has 0 spiro atoms. The predicted molar refractivity (Wildman–Crippen MR) is 101 cm³/mol. The number of carboxylic acid groups (broad SMARTS) is 1. The molecular formula is C17H25N3O4S2. The van der Waals surface area contributed by atoms with Gasteiger partial charge in [-0.1, -0.05) is 11.8 Å². The summed E-state index contributed by atoms with van der Waals surface area (Å²) in [5.41, 5.74) is 0.0863. The minimum atomic E-state index is -1.00. The van der Waals surface area contributed by atoms with Crippen molar-refractivity contribution in [2.75, 3.05) is 31.9 Å². The molecule has 0 bridgehead atoms. The van der Waals surface area contributed by atoms with E-state index in [0.717, 1.165) is 36.1 Å². The van der Waals surface area contributed by atoms with Crippen LogP contribution < -0.4 is 0 Å². The first-order valence-electron chi connectivity index (χ1n) is 8.91. The Balaban J connectivity index is 1.50. The number of aromatic carboxylic acids is 1. The number of carbonyl (C=O) groups excluding carboxylic acids is 1. The number of thiazole rings is 1. The summed E-state index contributed by atoms with van der Waals surface area (Å²) in [6, 6.07) is 0.256. The van der Waals surface area contributed by atoms with Crippen molar-refractivity contribution in [3.05, 3.63) is 11.1 Å². The Morgan fingerprint density at radius 2 is 2.15 bits per heavy atom. The summed E-state index contributed by atoms with van der Waals surface area (Å²) in [6.07, 6.45) is 1.98. The van der Waals surface area contributed by atoms with Crippen molar-refractivity contribution in [2.45, 2.75) is 49.3 Å². The van der Waals surface area contributed by atoms with Gasteiger partial charge in [-0.3, -0.25) is 9.69 Å². The van der Waals surface area contributed by atoms with E-state index in [-0.39, 0.29) is 29.9 Å². The van der Waals surface area contributed by atoms with E-state index >= 15 is 0 Å². The average Bonchev–Trinajstić information content (AvgIpc) is 3.16. The zero-order valence-electron chi connectivity index (χ0n) is 15.1. The number of amides is 1. The molecule has 2 fully saturated rings. The van der Waals surface area contributed by atoms with E-state index in [1.54, 1.807) is 5.38 Å². The van der Waals surface area contributed by atoms with E-state index in [4.69, 9.17) is 9.84 Å². The lowest BCUT2D eigenvalue weighted by atomic mass is 10.1. The molecule has 1 N–H and O–H groups in total. The maximum absolute atomic E-state index is 12.3.